The number of benzene rings is 9. The average molecular weight is 719 g/mol. The molecule has 55 heavy (non-hydrogen) atoms. The summed E-state index contributed by atoms with van der Waals surface area (Å²) in [6, 6.07) is 59.8. The van der Waals surface area contributed by atoms with Crippen molar-refractivity contribution in [2.24, 2.45) is 0 Å². The molecule has 0 nitrogen and oxygen atoms in total. The van der Waals surface area contributed by atoms with Crippen molar-refractivity contribution < 1.29 is 0 Å². The molecule has 1 heteroatoms. The quantitative estimate of drug-likeness (QED) is 0.156. The number of thiophene rings is 1. The Bertz CT molecular complexity index is 3260. The summed E-state index contributed by atoms with van der Waals surface area (Å²) >= 11 is 1.97. The van der Waals surface area contributed by atoms with E-state index in [1.54, 1.807) is 0 Å². The van der Waals surface area contributed by atoms with Gasteiger partial charge in [-0.1, -0.05) is 179 Å². The number of hydrogen-bond acceptors (Lipinski definition) is 1. The molecule has 12 rings (SSSR count). The zero-order valence-corrected chi connectivity index (χ0v) is 32.2. The molecule has 0 fully saturated rings. The third-order valence-electron chi connectivity index (χ3n) is 13.3. The molecule has 0 amide bonds. The minimum absolute atomic E-state index is 0.0581. The molecule has 9 aromatic carbocycles. The monoisotopic (exact) mass is 718 g/mol. The van der Waals surface area contributed by atoms with Gasteiger partial charge in [0.25, 0.3) is 0 Å². The predicted molar refractivity (Wildman–Crippen MR) is 238 cm³/mol. The number of rotatable bonds is 2. The van der Waals surface area contributed by atoms with Gasteiger partial charge in [0, 0.05) is 36.6 Å². The van der Waals surface area contributed by atoms with Gasteiger partial charge in [0.05, 0.1) is 0 Å². The van der Waals surface area contributed by atoms with E-state index in [9.17, 15) is 0 Å². The van der Waals surface area contributed by atoms with Gasteiger partial charge in [-0.2, -0.15) is 0 Å². The second-order valence-corrected chi connectivity index (χ2v) is 17.8. The first-order valence-corrected chi connectivity index (χ1v) is 20.3. The fraction of sp³-hybridized carbons (Fsp3) is 0.111. The zero-order valence-electron chi connectivity index (χ0n) is 31.4. The molecule has 0 saturated carbocycles. The minimum Gasteiger partial charge on any atom is -0.134 e. The van der Waals surface area contributed by atoms with Crippen LogP contribution in [-0.4, -0.2) is 0 Å². The van der Waals surface area contributed by atoms with Crippen LogP contribution in [0.15, 0.2) is 158 Å². The molecule has 0 aliphatic heterocycles. The molecule has 0 spiro atoms. The third-order valence-corrected chi connectivity index (χ3v) is 14.5. The van der Waals surface area contributed by atoms with Crippen LogP contribution in [0.4, 0.5) is 0 Å². The lowest BCUT2D eigenvalue weighted by atomic mass is 9.79. The Hall–Kier alpha value is -6.02. The Balaban J connectivity index is 1.11. The van der Waals surface area contributed by atoms with E-state index in [4.69, 9.17) is 0 Å². The first kappa shape index (κ1) is 31.3. The smallest absolute Gasteiger partial charge is 0.0437 e. The molecule has 0 bridgehead atoms. The number of hydrogen-bond donors (Lipinski definition) is 0. The normalized spacial score (nSPS) is 14.8. The molecule has 0 unspecified atom stereocenters. The Kier molecular flexibility index (Phi) is 6.16. The molecule has 0 atom stereocenters. The van der Waals surface area contributed by atoms with Crippen molar-refractivity contribution in [3.63, 3.8) is 0 Å². The van der Waals surface area contributed by atoms with Crippen LogP contribution in [0.1, 0.15) is 49.9 Å². The van der Waals surface area contributed by atoms with E-state index in [1.807, 2.05) is 11.3 Å². The Morgan fingerprint density at radius 2 is 0.873 bits per heavy atom. The van der Waals surface area contributed by atoms with Crippen LogP contribution in [0.25, 0.3) is 97.0 Å². The maximum Gasteiger partial charge on any atom is 0.0437 e. The predicted octanol–water partition coefficient (Wildman–Crippen LogP) is 15.5. The van der Waals surface area contributed by atoms with Crippen molar-refractivity contribution in [3.05, 3.63) is 180 Å². The second-order valence-electron chi connectivity index (χ2n) is 16.8. The average Bonchev–Trinajstić information content (AvgIpc) is 3.80. The highest BCUT2D eigenvalue weighted by Crippen LogP contribution is 2.57. The Morgan fingerprint density at radius 1 is 0.327 bits per heavy atom. The van der Waals surface area contributed by atoms with Crippen molar-refractivity contribution in [1.29, 1.82) is 0 Å². The minimum atomic E-state index is -0.135. The highest BCUT2D eigenvalue weighted by Gasteiger charge is 2.39. The summed E-state index contributed by atoms with van der Waals surface area (Å²) in [5, 5.41) is 10.6. The lowest BCUT2D eigenvalue weighted by Crippen LogP contribution is -2.15. The molecule has 0 N–H and O–H groups in total. The molecular formula is C54H38S. The molecule has 2 aliphatic carbocycles. The van der Waals surface area contributed by atoms with Crippen LogP contribution in [-0.2, 0) is 10.8 Å². The fourth-order valence-electron chi connectivity index (χ4n) is 10.6. The first-order chi connectivity index (χ1) is 26.8. The molecule has 1 heterocycles. The molecule has 0 radical (unpaired) electrons. The molecule has 260 valence electrons. The topological polar surface area (TPSA) is 0 Å². The van der Waals surface area contributed by atoms with Gasteiger partial charge < -0.3 is 0 Å². The van der Waals surface area contributed by atoms with Crippen LogP contribution >= 0.6 is 11.3 Å². The zero-order chi connectivity index (χ0) is 36.8. The molecular weight excluding hydrogens is 681 g/mol. The summed E-state index contributed by atoms with van der Waals surface area (Å²) in [7, 11) is 0. The second kappa shape index (κ2) is 10.8. The van der Waals surface area contributed by atoms with Crippen LogP contribution in [0.3, 0.4) is 0 Å². The highest BCUT2D eigenvalue weighted by molar-refractivity contribution is 7.27. The first-order valence-electron chi connectivity index (χ1n) is 19.5. The van der Waals surface area contributed by atoms with Gasteiger partial charge in [-0.15, -0.1) is 11.3 Å². The summed E-state index contributed by atoms with van der Waals surface area (Å²) in [4.78, 5) is 0. The molecule has 10 aromatic rings. The van der Waals surface area contributed by atoms with Crippen LogP contribution in [0.5, 0.6) is 0 Å². The van der Waals surface area contributed by atoms with Crippen LogP contribution < -0.4 is 0 Å². The van der Waals surface area contributed by atoms with E-state index in [2.05, 4.69) is 185 Å². The van der Waals surface area contributed by atoms with Gasteiger partial charge in [0.2, 0.25) is 0 Å². The van der Waals surface area contributed by atoms with E-state index in [0.29, 0.717) is 0 Å². The summed E-state index contributed by atoms with van der Waals surface area (Å²) in [5.41, 5.74) is 16.2. The lowest BCUT2D eigenvalue weighted by Gasteiger charge is -2.24. The Morgan fingerprint density at radius 3 is 1.64 bits per heavy atom. The summed E-state index contributed by atoms with van der Waals surface area (Å²) < 4.78 is 2.79. The van der Waals surface area contributed by atoms with Crippen molar-refractivity contribution in [2.45, 2.75) is 38.5 Å². The molecule has 1 aromatic heterocycles. The van der Waals surface area contributed by atoms with Gasteiger partial charge in [-0.05, 0) is 99.6 Å². The maximum atomic E-state index is 2.52. The Labute approximate surface area is 325 Å². The van der Waals surface area contributed by atoms with Crippen LogP contribution in [0, 0.1) is 0 Å². The van der Waals surface area contributed by atoms with Crippen LogP contribution in [0.2, 0.25) is 0 Å². The standard InChI is InChI=1S/C54H38S/c1-53(2)43-22-12-11-20-40(43)49-42(21-13-23-44(49)53)48-36-18-9-7-16-34(36)47(35-17-8-10-19-37(35)48)32-25-27-41-46(30-32)54(3,4)45-29-28-39-38-26-24-31-14-5-6-15-33(31)51(38)55-52(39)50(41)45/h5-30H,1-4H3. The lowest BCUT2D eigenvalue weighted by molar-refractivity contribution is 0.660. The van der Waals surface area contributed by atoms with E-state index in [-0.39, 0.29) is 10.8 Å². The summed E-state index contributed by atoms with van der Waals surface area (Å²) in [5.74, 6) is 0. The molecule has 0 saturated heterocycles. The van der Waals surface area contributed by atoms with Gasteiger partial charge in [-0.3, -0.25) is 0 Å². The van der Waals surface area contributed by atoms with Gasteiger partial charge in [0.1, 0.15) is 0 Å². The van der Waals surface area contributed by atoms with E-state index < -0.39 is 0 Å². The van der Waals surface area contributed by atoms with Crippen molar-refractivity contribution in [1.82, 2.24) is 0 Å². The fourth-order valence-corrected chi connectivity index (χ4v) is 12.0. The SMILES string of the molecule is CC1(C)c2ccccc2-c2c(-c3c4ccccc4c(-c4ccc5c(c4)C(C)(C)c4ccc6c(sc7c8ccccc8ccc67)c4-5)c4ccccc34)cccc21. The van der Waals surface area contributed by atoms with Crippen molar-refractivity contribution >= 4 is 63.8 Å². The number of fused-ring (bicyclic) bond motifs is 14. The van der Waals surface area contributed by atoms with Gasteiger partial charge >= 0.3 is 0 Å². The van der Waals surface area contributed by atoms with Crippen molar-refractivity contribution in [2.75, 3.05) is 0 Å². The van der Waals surface area contributed by atoms with E-state index >= 15 is 0 Å². The van der Waals surface area contributed by atoms with Gasteiger partial charge in [0.15, 0.2) is 0 Å². The largest absolute Gasteiger partial charge is 0.134 e. The van der Waals surface area contributed by atoms with Gasteiger partial charge in [-0.25, -0.2) is 0 Å². The van der Waals surface area contributed by atoms with E-state index in [1.165, 1.54) is 119 Å². The van der Waals surface area contributed by atoms with E-state index in [0.717, 1.165) is 0 Å². The summed E-state index contributed by atoms with van der Waals surface area (Å²) in [6.07, 6.45) is 0. The molecule has 2 aliphatic rings. The van der Waals surface area contributed by atoms with Crippen molar-refractivity contribution in [3.8, 4) is 44.5 Å². The maximum absolute atomic E-state index is 2.52. The highest BCUT2D eigenvalue weighted by atomic mass is 32.1. The third kappa shape index (κ3) is 4.01. The summed E-state index contributed by atoms with van der Waals surface area (Å²) in [6.45, 7) is 9.60.